The minimum atomic E-state index is 0.966. The molecule has 3 nitrogen and oxygen atoms in total. The van der Waals surface area contributed by atoms with Gasteiger partial charge in [-0.15, -0.1) is 11.8 Å². The predicted molar refractivity (Wildman–Crippen MR) is 101 cm³/mol. The van der Waals surface area contributed by atoms with Crippen LogP contribution in [-0.4, -0.2) is 43.7 Å². The normalized spacial score (nSPS) is 15.4. The molecule has 2 aromatic carbocycles. The van der Waals surface area contributed by atoms with E-state index in [1.54, 1.807) is 11.8 Å². The molecule has 1 fully saturated rings. The van der Waals surface area contributed by atoms with Gasteiger partial charge in [-0.1, -0.05) is 29.8 Å². The van der Waals surface area contributed by atoms with E-state index < -0.39 is 0 Å². The van der Waals surface area contributed by atoms with Gasteiger partial charge >= 0.3 is 0 Å². The predicted octanol–water partition coefficient (Wildman–Crippen LogP) is 3.87. The lowest BCUT2D eigenvalue weighted by Gasteiger charge is -2.34. The Hall–Kier alpha value is -1.94. The van der Waals surface area contributed by atoms with Gasteiger partial charge in [0.15, 0.2) is 0 Å². The van der Waals surface area contributed by atoms with Crippen molar-refractivity contribution in [2.45, 2.75) is 11.8 Å². The van der Waals surface area contributed by atoms with Crippen molar-refractivity contribution in [2.24, 2.45) is 5.10 Å². The second kappa shape index (κ2) is 7.55. The largest absolute Gasteiger partial charge is 0.368 e. The highest BCUT2D eigenvalue weighted by molar-refractivity contribution is 7.98. The van der Waals surface area contributed by atoms with Crippen molar-refractivity contribution in [3.05, 3.63) is 59.7 Å². The Morgan fingerprint density at radius 2 is 1.57 bits per heavy atom. The molecule has 1 saturated heterocycles. The second-order valence-corrected chi connectivity index (χ2v) is 6.67. The zero-order chi connectivity index (χ0) is 16.1. The molecule has 1 aliphatic heterocycles. The SMILES string of the molecule is CSc1ccc(/C=N/N2CCN(c3ccc(C)cc3)CC2)cc1. The van der Waals surface area contributed by atoms with E-state index in [-0.39, 0.29) is 0 Å². The number of benzene rings is 2. The molecule has 4 heteroatoms. The molecule has 2 aromatic rings. The Morgan fingerprint density at radius 3 is 2.17 bits per heavy atom. The number of hydrazone groups is 1. The van der Waals surface area contributed by atoms with Crippen LogP contribution in [0.25, 0.3) is 0 Å². The fraction of sp³-hybridized carbons (Fsp3) is 0.316. The molecule has 0 aromatic heterocycles. The van der Waals surface area contributed by atoms with Gasteiger partial charge in [0.25, 0.3) is 0 Å². The fourth-order valence-corrected chi connectivity index (χ4v) is 3.07. The van der Waals surface area contributed by atoms with Crippen molar-refractivity contribution in [3.63, 3.8) is 0 Å². The van der Waals surface area contributed by atoms with Gasteiger partial charge in [0.2, 0.25) is 0 Å². The third-order valence-electron chi connectivity index (χ3n) is 4.14. The standard InChI is InChI=1S/C19H23N3S/c1-16-3-7-18(8-4-16)21-11-13-22(14-12-21)20-15-17-5-9-19(23-2)10-6-17/h3-10,15H,11-14H2,1-2H3/b20-15+. The molecule has 0 unspecified atom stereocenters. The van der Waals surface area contributed by atoms with Gasteiger partial charge in [0.1, 0.15) is 0 Å². The summed E-state index contributed by atoms with van der Waals surface area (Å²) in [6, 6.07) is 17.3. The number of rotatable bonds is 4. The van der Waals surface area contributed by atoms with Gasteiger partial charge in [-0.2, -0.15) is 5.10 Å². The lowest BCUT2D eigenvalue weighted by Crippen LogP contribution is -2.44. The average molecular weight is 325 g/mol. The van der Waals surface area contributed by atoms with E-state index >= 15 is 0 Å². The number of aryl methyl sites for hydroxylation is 1. The molecule has 0 radical (unpaired) electrons. The summed E-state index contributed by atoms with van der Waals surface area (Å²) in [5.41, 5.74) is 3.78. The zero-order valence-electron chi connectivity index (χ0n) is 13.8. The van der Waals surface area contributed by atoms with E-state index in [0.717, 1.165) is 31.7 Å². The first-order valence-corrected chi connectivity index (χ1v) is 9.22. The van der Waals surface area contributed by atoms with E-state index in [0.29, 0.717) is 0 Å². The van der Waals surface area contributed by atoms with Crippen LogP contribution < -0.4 is 4.90 Å². The number of piperazine rings is 1. The Balaban J connectivity index is 1.54. The van der Waals surface area contributed by atoms with Crippen LogP contribution in [-0.2, 0) is 0 Å². The number of hydrogen-bond donors (Lipinski definition) is 0. The minimum absolute atomic E-state index is 0.966. The first-order chi connectivity index (χ1) is 11.2. The molecule has 1 aliphatic rings. The van der Waals surface area contributed by atoms with Gasteiger partial charge in [-0.3, -0.25) is 5.01 Å². The van der Waals surface area contributed by atoms with E-state index in [1.165, 1.54) is 16.1 Å². The molecular weight excluding hydrogens is 302 g/mol. The maximum absolute atomic E-state index is 4.63. The van der Waals surface area contributed by atoms with Gasteiger partial charge in [-0.05, 0) is 43.0 Å². The molecule has 23 heavy (non-hydrogen) atoms. The second-order valence-electron chi connectivity index (χ2n) is 5.79. The summed E-state index contributed by atoms with van der Waals surface area (Å²) in [6.45, 7) is 6.10. The molecular formula is C19H23N3S. The van der Waals surface area contributed by atoms with Crippen molar-refractivity contribution in [1.82, 2.24) is 5.01 Å². The van der Waals surface area contributed by atoms with Gasteiger partial charge in [0.05, 0.1) is 19.3 Å². The molecule has 120 valence electrons. The van der Waals surface area contributed by atoms with Crippen LogP contribution in [0.4, 0.5) is 5.69 Å². The highest BCUT2D eigenvalue weighted by Gasteiger charge is 2.15. The number of anilines is 1. The summed E-state index contributed by atoms with van der Waals surface area (Å²) >= 11 is 1.76. The van der Waals surface area contributed by atoms with Crippen molar-refractivity contribution in [2.75, 3.05) is 37.3 Å². The van der Waals surface area contributed by atoms with Crippen LogP contribution in [0.3, 0.4) is 0 Å². The van der Waals surface area contributed by atoms with E-state index in [9.17, 15) is 0 Å². The maximum Gasteiger partial charge on any atom is 0.0542 e. The Labute approximate surface area is 143 Å². The molecule has 0 spiro atoms. The Bertz CT molecular complexity index is 641. The number of nitrogens with zero attached hydrogens (tertiary/aromatic N) is 3. The number of thioether (sulfide) groups is 1. The third-order valence-corrected chi connectivity index (χ3v) is 4.88. The zero-order valence-corrected chi connectivity index (χ0v) is 14.6. The van der Waals surface area contributed by atoms with Crippen molar-refractivity contribution in [1.29, 1.82) is 0 Å². The summed E-state index contributed by atoms with van der Waals surface area (Å²) < 4.78 is 0. The summed E-state index contributed by atoms with van der Waals surface area (Å²) in [4.78, 5) is 3.72. The summed E-state index contributed by atoms with van der Waals surface area (Å²) in [7, 11) is 0. The number of hydrogen-bond acceptors (Lipinski definition) is 4. The Morgan fingerprint density at radius 1 is 0.913 bits per heavy atom. The molecule has 0 atom stereocenters. The van der Waals surface area contributed by atoms with Crippen LogP contribution in [0.15, 0.2) is 58.5 Å². The van der Waals surface area contributed by atoms with Crippen LogP contribution in [0.5, 0.6) is 0 Å². The van der Waals surface area contributed by atoms with Crippen molar-refractivity contribution >= 4 is 23.7 Å². The minimum Gasteiger partial charge on any atom is -0.368 e. The van der Waals surface area contributed by atoms with Gasteiger partial charge < -0.3 is 4.90 Å². The van der Waals surface area contributed by atoms with Crippen molar-refractivity contribution < 1.29 is 0 Å². The highest BCUT2D eigenvalue weighted by Crippen LogP contribution is 2.17. The average Bonchev–Trinajstić information content (AvgIpc) is 2.61. The topological polar surface area (TPSA) is 18.8 Å². The molecule has 0 N–H and O–H groups in total. The smallest absolute Gasteiger partial charge is 0.0542 e. The van der Waals surface area contributed by atoms with Crippen LogP contribution in [0.1, 0.15) is 11.1 Å². The van der Waals surface area contributed by atoms with Crippen LogP contribution in [0.2, 0.25) is 0 Å². The van der Waals surface area contributed by atoms with Crippen LogP contribution in [0, 0.1) is 6.92 Å². The molecule has 0 bridgehead atoms. The first kappa shape index (κ1) is 15.9. The van der Waals surface area contributed by atoms with Crippen LogP contribution >= 0.6 is 11.8 Å². The highest BCUT2D eigenvalue weighted by atomic mass is 32.2. The Kier molecular flexibility index (Phi) is 5.23. The first-order valence-electron chi connectivity index (χ1n) is 7.99. The van der Waals surface area contributed by atoms with E-state index in [2.05, 4.69) is 76.7 Å². The molecule has 1 heterocycles. The molecule has 0 amide bonds. The molecule has 0 aliphatic carbocycles. The quantitative estimate of drug-likeness (QED) is 0.628. The summed E-state index contributed by atoms with van der Waals surface area (Å²) in [6.07, 6.45) is 4.06. The molecule has 0 saturated carbocycles. The van der Waals surface area contributed by atoms with Gasteiger partial charge in [0, 0.05) is 23.7 Å². The van der Waals surface area contributed by atoms with Crippen molar-refractivity contribution in [3.8, 4) is 0 Å². The molecule has 3 rings (SSSR count). The lowest BCUT2D eigenvalue weighted by molar-refractivity contribution is 0.272. The summed E-state index contributed by atoms with van der Waals surface area (Å²) in [5.74, 6) is 0. The third kappa shape index (κ3) is 4.29. The van der Waals surface area contributed by atoms with E-state index in [4.69, 9.17) is 0 Å². The maximum atomic E-state index is 4.63. The van der Waals surface area contributed by atoms with Gasteiger partial charge in [-0.25, -0.2) is 0 Å². The monoisotopic (exact) mass is 325 g/mol. The lowest BCUT2D eigenvalue weighted by atomic mass is 10.2. The summed E-state index contributed by atoms with van der Waals surface area (Å²) in [5, 5.41) is 6.79. The fourth-order valence-electron chi connectivity index (χ4n) is 2.66. The van der Waals surface area contributed by atoms with E-state index in [1.807, 2.05) is 6.21 Å².